The van der Waals surface area contributed by atoms with Crippen LogP contribution in [0, 0.1) is 13.8 Å². The number of aromatic amines is 2. The molecule has 2 aromatic heterocycles. The van der Waals surface area contributed by atoms with E-state index >= 15 is 0 Å². The van der Waals surface area contributed by atoms with E-state index in [1.54, 1.807) is 6.33 Å². The Morgan fingerprint density at radius 3 is 3.00 bits per heavy atom. The minimum absolute atomic E-state index is 0.00838. The summed E-state index contributed by atoms with van der Waals surface area (Å²) in [6.07, 6.45) is 2.53. The number of hydrogen-bond donors (Lipinski definition) is 2. The largest absolute Gasteiger partial charge is 0.348 e. The Bertz CT molecular complexity index is 657. The zero-order valence-electron chi connectivity index (χ0n) is 11.2. The van der Waals surface area contributed by atoms with Gasteiger partial charge >= 0.3 is 0 Å². The van der Waals surface area contributed by atoms with E-state index in [1.165, 1.54) is 0 Å². The lowest BCUT2D eigenvalue weighted by molar-refractivity contribution is 0.238. The number of fused-ring (bicyclic) bond motifs is 1. The van der Waals surface area contributed by atoms with Crippen LogP contribution in [0.25, 0.3) is 0 Å². The van der Waals surface area contributed by atoms with Gasteiger partial charge in [0.2, 0.25) is 0 Å². The molecule has 0 spiro atoms. The third-order valence-electron chi connectivity index (χ3n) is 3.57. The average Bonchev–Trinajstić information content (AvgIpc) is 2.76. The van der Waals surface area contributed by atoms with Crippen molar-refractivity contribution in [2.45, 2.75) is 33.4 Å². The maximum absolute atomic E-state index is 12.0. The van der Waals surface area contributed by atoms with Crippen molar-refractivity contribution in [3.05, 3.63) is 45.2 Å². The fourth-order valence-electron chi connectivity index (χ4n) is 2.50. The molecule has 19 heavy (non-hydrogen) atoms. The topological polar surface area (TPSA) is 77.7 Å². The molecule has 1 aliphatic heterocycles. The highest BCUT2D eigenvalue weighted by molar-refractivity contribution is 5.21. The summed E-state index contributed by atoms with van der Waals surface area (Å²) < 4.78 is 0. The second-order valence-corrected chi connectivity index (χ2v) is 5.01. The second-order valence-electron chi connectivity index (χ2n) is 5.01. The fourth-order valence-corrected chi connectivity index (χ4v) is 2.50. The van der Waals surface area contributed by atoms with E-state index in [1.807, 2.05) is 13.8 Å². The Morgan fingerprint density at radius 1 is 1.42 bits per heavy atom. The summed E-state index contributed by atoms with van der Waals surface area (Å²) in [7, 11) is 0. The SMILES string of the molecule is Cc1nc2c(c(=O)[nH]1)CN(Cc1nc[nH]c1C)CC2. The van der Waals surface area contributed by atoms with E-state index in [9.17, 15) is 4.79 Å². The summed E-state index contributed by atoms with van der Waals surface area (Å²) in [6.45, 7) is 6.15. The van der Waals surface area contributed by atoms with E-state index in [0.29, 0.717) is 12.4 Å². The van der Waals surface area contributed by atoms with E-state index in [0.717, 1.165) is 42.2 Å². The highest BCUT2D eigenvalue weighted by atomic mass is 16.1. The smallest absolute Gasteiger partial charge is 0.255 e. The Balaban J connectivity index is 1.83. The van der Waals surface area contributed by atoms with Gasteiger partial charge in [-0.25, -0.2) is 9.97 Å². The third-order valence-corrected chi connectivity index (χ3v) is 3.57. The van der Waals surface area contributed by atoms with Crippen LogP contribution in [0.4, 0.5) is 0 Å². The highest BCUT2D eigenvalue weighted by Gasteiger charge is 2.21. The van der Waals surface area contributed by atoms with Crippen molar-refractivity contribution in [3.63, 3.8) is 0 Å². The van der Waals surface area contributed by atoms with Crippen LogP contribution in [0.3, 0.4) is 0 Å². The monoisotopic (exact) mass is 259 g/mol. The molecular weight excluding hydrogens is 242 g/mol. The van der Waals surface area contributed by atoms with Gasteiger partial charge in [-0.2, -0.15) is 0 Å². The van der Waals surface area contributed by atoms with Gasteiger partial charge in [0.15, 0.2) is 0 Å². The normalized spacial score (nSPS) is 15.5. The summed E-state index contributed by atoms with van der Waals surface area (Å²) in [5.41, 5.74) is 3.86. The summed E-state index contributed by atoms with van der Waals surface area (Å²) in [5, 5.41) is 0. The average molecular weight is 259 g/mol. The number of nitrogens with zero attached hydrogens (tertiary/aromatic N) is 3. The van der Waals surface area contributed by atoms with Gasteiger partial charge < -0.3 is 9.97 Å². The Morgan fingerprint density at radius 2 is 2.26 bits per heavy atom. The van der Waals surface area contributed by atoms with Crippen molar-refractivity contribution < 1.29 is 0 Å². The molecule has 0 saturated heterocycles. The van der Waals surface area contributed by atoms with Crippen molar-refractivity contribution >= 4 is 0 Å². The van der Waals surface area contributed by atoms with E-state index in [-0.39, 0.29) is 5.56 Å². The van der Waals surface area contributed by atoms with Gasteiger partial charge in [-0.3, -0.25) is 9.69 Å². The quantitative estimate of drug-likeness (QED) is 0.831. The summed E-state index contributed by atoms with van der Waals surface area (Å²) in [5.74, 6) is 0.695. The lowest BCUT2D eigenvalue weighted by atomic mass is 10.1. The molecular formula is C13H17N5O. The van der Waals surface area contributed by atoms with Crippen molar-refractivity contribution in [2.24, 2.45) is 0 Å². The van der Waals surface area contributed by atoms with Crippen LogP contribution in [0.15, 0.2) is 11.1 Å². The van der Waals surface area contributed by atoms with Crippen LogP contribution < -0.4 is 5.56 Å². The van der Waals surface area contributed by atoms with Crippen LogP contribution in [0.5, 0.6) is 0 Å². The molecule has 2 aromatic rings. The van der Waals surface area contributed by atoms with Gasteiger partial charge in [0.05, 0.1) is 23.3 Å². The molecule has 0 radical (unpaired) electrons. The molecule has 0 amide bonds. The van der Waals surface area contributed by atoms with Crippen LogP contribution in [-0.4, -0.2) is 31.4 Å². The van der Waals surface area contributed by atoms with Gasteiger partial charge in [0, 0.05) is 31.7 Å². The molecule has 0 bridgehead atoms. The van der Waals surface area contributed by atoms with E-state index in [2.05, 4.69) is 24.8 Å². The maximum atomic E-state index is 12.0. The van der Waals surface area contributed by atoms with Crippen LogP contribution in [0.2, 0.25) is 0 Å². The zero-order chi connectivity index (χ0) is 13.4. The third kappa shape index (κ3) is 2.31. The van der Waals surface area contributed by atoms with E-state index < -0.39 is 0 Å². The molecule has 6 heteroatoms. The van der Waals surface area contributed by atoms with Crippen molar-refractivity contribution in [3.8, 4) is 0 Å². The predicted octanol–water partition coefficient (Wildman–Crippen LogP) is 0.668. The number of imidazole rings is 1. The Kier molecular flexibility index (Phi) is 2.94. The molecule has 100 valence electrons. The summed E-state index contributed by atoms with van der Waals surface area (Å²) in [6, 6.07) is 0. The molecule has 0 saturated carbocycles. The van der Waals surface area contributed by atoms with Gasteiger partial charge in [0.1, 0.15) is 5.82 Å². The Labute approximate surface area is 110 Å². The first-order valence-electron chi connectivity index (χ1n) is 6.43. The number of aromatic nitrogens is 4. The van der Waals surface area contributed by atoms with E-state index in [4.69, 9.17) is 0 Å². The summed E-state index contributed by atoms with van der Waals surface area (Å²) >= 11 is 0. The van der Waals surface area contributed by atoms with Crippen molar-refractivity contribution in [2.75, 3.05) is 6.54 Å². The Hall–Kier alpha value is -1.95. The standard InChI is InChI=1S/C13H17N5O/c1-8-12(15-7-14-8)6-18-4-3-11-10(5-18)13(19)17-9(2)16-11/h7H,3-6H2,1-2H3,(H,14,15)(H,16,17,19). The molecule has 6 nitrogen and oxygen atoms in total. The van der Waals surface area contributed by atoms with Gasteiger partial charge in [-0.05, 0) is 13.8 Å². The fraction of sp³-hybridized carbons (Fsp3) is 0.462. The van der Waals surface area contributed by atoms with Gasteiger partial charge in [-0.1, -0.05) is 0 Å². The predicted molar refractivity (Wildman–Crippen MR) is 70.7 cm³/mol. The molecule has 0 fully saturated rings. The lowest BCUT2D eigenvalue weighted by Crippen LogP contribution is -2.35. The van der Waals surface area contributed by atoms with Gasteiger partial charge in [-0.15, -0.1) is 0 Å². The number of nitrogens with one attached hydrogen (secondary N) is 2. The van der Waals surface area contributed by atoms with Crippen molar-refractivity contribution in [1.82, 2.24) is 24.8 Å². The first kappa shape index (κ1) is 12.1. The van der Waals surface area contributed by atoms with Gasteiger partial charge in [0.25, 0.3) is 5.56 Å². The molecule has 0 aromatic carbocycles. The molecule has 2 N–H and O–H groups in total. The minimum atomic E-state index is -0.00838. The first-order valence-corrected chi connectivity index (χ1v) is 6.43. The molecule has 0 atom stereocenters. The number of H-pyrrole nitrogens is 2. The van der Waals surface area contributed by atoms with Crippen LogP contribution >= 0.6 is 0 Å². The molecule has 1 aliphatic rings. The maximum Gasteiger partial charge on any atom is 0.255 e. The molecule has 0 unspecified atom stereocenters. The highest BCUT2D eigenvalue weighted by Crippen LogP contribution is 2.16. The van der Waals surface area contributed by atoms with Crippen LogP contribution in [-0.2, 0) is 19.5 Å². The first-order chi connectivity index (χ1) is 9.13. The minimum Gasteiger partial charge on any atom is -0.348 e. The summed E-state index contributed by atoms with van der Waals surface area (Å²) in [4.78, 5) is 28.8. The second kappa shape index (κ2) is 4.62. The van der Waals surface area contributed by atoms with Crippen LogP contribution in [0.1, 0.15) is 28.5 Å². The molecule has 3 heterocycles. The number of rotatable bonds is 2. The molecule has 3 rings (SSSR count). The number of aryl methyl sites for hydroxylation is 2. The number of hydrogen-bond acceptors (Lipinski definition) is 4. The van der Waals surface area contributed by atoms with Crippen molar-refractivity contribution in [1.29, 1.82) is 0 Å². The molecule has 0 aliphatic carbocycles. The zero-order valence-corrected chi connectivity index (χ0v) is 11.2. The lowest BCUT2D eigenvalue weighted by Gasteiger charge is -2.27.